The van der Waals surface area contributed by atoms with Crippen LogP contribution in [0.25, 0.3) is 0 Å². The summed E-state index contributed by atoms with van der Waals surface area (Å²) in [6.07, 6.45) is 2.49. The molecule has 1 aromatic carbocycles. The molecule has 0 saturated carbocycles. The Hall–Kier alpha value is -1.89. The number of carbonyl (C=O) groups excluding carboxylic acids is 1. The fourth-order valence-corrected chi connectivity index (χ4v) is 3.85. The zero-order chi connectivity index (χ0) is 16.4. The van der Waals surface area contributed by atoms with Gasteiger partial charge in [-0.25, -0.2) is 4.39 Å². The Morgan fingerprint density at radius 1 is 1.39 bits per heavy atom. The van der Waals surface area contributed by atoms with Crippen LogP contribution >= 0.6 is 11.8 Å². The third-order valence-electron chi connectivity index (χ3n) is 4.00. The van der Waals surface area contributed by atoms with E-state index in [0.29, 0.717) is 12.2 Å². The number of rotatable bonds is 4. The first-order valence-corrected chi connectivity index (χ1v) is 8.60. The molecule has 0 unspecified atom stereocenters. The van der Waals surface area contributed by atoms with Crippen molar-refractivity contribution in [3.63, 3.8) is 0 Å². The number of halogens is 1. The van der Waals surface area contributed by atoms with Gasteiger partial charge in [0.15, 0.2) is 5.16 Å². The quantitative estimate of drug-likeness (QED) is 0.863. The van der Waals surface area contributed by atoms with Crippen molar-refractivity contribution in [1.82, 2.24) is 14.8 Å². The highest BCUT2D eigenvalue weighted by molar-refractivity contribution is 8.00. The summed E-state index contributed by atoms with van der Waals surface area (Å²) in [5, 5.41) is 8.85. The summed E-state index contributed by atoms with van der Waals surface area (Å²) in [6, 6.07) is 6.19. The number of hydrogen-bond acceptors (Lipinski definition) is 4. The van der Waals surface area contributed by atoms with E-state index in [2.05, 4.69) is 10.2 Å². The molecule has 1 aromatic heterocycles. The van der Waals surface area contributed by atoms with Gasteiger partial charge >= 0.3 is 0 Å². The predicted octanol–water partition coefficient (Wildman–Crippen LogP) is 2.80. The number of anilines is 1. The van der Waals surface area contributed by atoms with Crippen LogP contribution in [-0.2, 0) is 18.3 Å². The van der Waals surface area contributed by atoms with Crippen molar-refractivity contribution in [1.29, 1.82) is 0 Å². The van der Waals surface area contributed by atoms with E-state index in [1.807, 2.05) is 18.5 Å². The zero-order valence-electron chi connectivity index (χ0n) is 13.2. The molecule has 1 aliphatic rings. The standard InChI is InChI=1S/C16H19FN4OS/c1-3-14-18-19-16(20(14)2)23-13-8-5-9-21(15(13)22)12-7-4-6-11(17)10-12/h4,6-7,10,13H,3,5,8-9H2,1-2H3/t13-/m1/s1. The van der Waals surface area contributed by atoms with Crippen LogP contribution in [0.5, 0.6) is 0 Å². The van der Waals surface area contributed by atoms with Gasteiger partial charge in [-0.15, -0.1) is 10.2 Å². The number of nitrogens with zero attached hydrogens (tertiary/aromatic N) is 4. The van der Waals surface area contributed by atoms with Gasteiger partial charge in [-0.05, 0) is 31.0 Å². The Bertz CT molecular complexity index is 718. The van der Waals surface area contributed by atoms with Crippen molar-refractivity contribution in [3.05, 3.63) is 35.9 Å². The van der Waals surface area contributed by atoms with Gasteiger partial charge in [-0.3, -0.25) is 4.79 Å². The lowest BCUT2D eigenvalue weighted by Crippen LogP contribution is -2.43. The first-order valence-electron chi connectivity index (χ1n) is 7.72. The maximum Gasteiger partial charge on any atom is 0.240 e. The molecule has 3 rings (SSSR count). The molecule has 7 heteroatoms. The molecule has 1 atom stereocenters. The SMILES string of the molecule is CCc1nnc(S[C@@H]2CCCN(c3cccc(F)c3)C2=O)n1C. The molecular formula is C16H19FN4OS. The average Bonchev–Trinajstić information content (AvgIpc) is 2.89. The lowest BCUT2D eigenvalue weighted by Gasteiger charge is -2.31. The maximum absolute atomic E-state index is 13.4. The third-order valence-corrected chi connectivity index (χ3v) is 5.29. The van der Waals surface area contributed by atoms with Crippen LogP contribution in [0.1, 0.15) is 25.6 Å². The van der Waals surface area contributed by atoms with E-state index in [0.717, 1.165) is 30.2 Å². The van der Waals surface area contributed by atoms with E-state index < -0.39 is 0 Å². The van der Waals surface area contributed by atoms with E-state index in [1.165, 1.54) is 23.9 Å². The molecule has 5 nitrogen and oxygen atoms in total. The summed E-state index contributed by atoms with van der Waals surface area (Å²) in [5.41, 5.74) is 0.618. The first kappa shape index (κ1) is 16.0. The molecular weight excluding hydrogens is 315 g/mol. The Morgan fingerprint density at radius 3 is 2.91 bits per heavy atom. The molecule has 2 aromatic rings. The van der Waals surface area contributed by atoms with Crippen molar-refractivity contribution in [2.24, 2.45) is 7.05 Å². The van der Waals surface area contributed by atoms with Crippen molar-refractivity contribution >= 4 is 23.4 Å². The molecule has 0 spiro atoms. The van der Waals surface area contributed by atoms with Crippen LogP contribution < -0.4 is 4.90 Å². The summed E-state index contributed by atoms with van der Waals surface area (Å²) in [7, 11) is 1.92. The van der Waals surface area contributed by atoms with Gasteiger partial charge in [0.05, 0.1) is 5.25 Å². The summed E-state index contributed by atoms with van der Waals surface area (Å²) in [5.74, 6) is 0.580. The minimum Gasteiger partial charge on any atom is -0.311 e. The topological polar surface area (TPSA) is 51.0 Å². The Kier molecular flexibility index (Phi) is 4.66. The van der Waals surface area contributed by atoms with Crippen LogP contribution in [-0.4, -0.2) is 32.5 Å². The first-order chi connectivity index (χ1) is 11.1. The molecule has 1 aliphatic heterocycles. The summed E-state index contributed by atoms with van der Waals surface area (Å²) in [6.45, 7) is 2.65. The van der Waals surface area contributed by atoms with Crippen LogP contribution in [0.2, 0.25) is 0 Å². The lowest BCUT2D eigenvalue weighted by atomic mass is 10.1. The summed E-state index contributed by atoms with van der Waals surface area (Å²) >= 11 is 1.44. The molecule has 0 aliphatic carbocycles. The second kappa shape index (κ2) is 6.70. The monoisotopic (exact) mass is 334 g/mol. The number of carbonyl (C=O) groups is 1. The van der Waals surface area contributed by atoms with E-state index >= 15 is 0 Å². The third kappa shape index (κ3) is 3.24. The largest absolute Gasteiger partial charge is 0.311 e. The fraction of sp³-hybridized carbons (Fsp3) is 0.438. The van der Waals surface area contributed by atoms with E-state index in [4.69, 9.17) is 0 Å². The highest BCUT2D eigenvalue weighted by Crippen LogP contribution is 2.31. The molecule has 1 amide bonds. The van der Waals surface area contributed by atoms with Gasteiger partial charge in [0.25, 0.3) is 0 Å². The Morgan fingerprint density at radius 2 is 2.22 bits per heavy atom. The smallest absolute Gasteiger partial charge is 0.240 e. The normalized spacial score (nSPS) is 18.5. The van der Waals surface area contributed by atoms with Gasteiger partial charge in [0, 0.05) is 25.7 Å². The van der Waals surface area contributed by atoms with Gasteiger partial charge in [0.1, 0.15) is 11.6 Å². The second-order valence-corrected chi connectivity index (χ2v) is 6.70. The number of hydrogen-bond donors (Lipinski definition) is 0. The van der Waals surface area contributed by atoms with E-state index in [9.17, 15) is 9.18 Å². The average molecular weight is 334 g/mol. The molecule has 1 saturated heterocycles. The Balaban J connectivity index is 1.78. The highest BCUT2D eigenvalue weighted by Gasteiger charge is 2.31. The summed E-state index contributed by atoms with van der Waals surface area (Å²) < 4.78 is 15.4. The molecule has 2 heterocycles. The molecule has 1 fully saturated rings. The fourth-order valence-electron chi connectivity index (χ4n) is 2.73. The van der Waals surface area contributed by atoms with Gasteiger partial charge < -0.3 is 9.47 Å². The Labute approximate surface area is 138 Å². The number of amides is 1. The van der Waals surface area contributed by atoms with Crippen molar-refractivity contribution in [2.75, 3.05) is 11.4 Å². The number of piperidine rings is 1. The van der Waals surface area contributed by atoms with E-state index in [1.54, 1.807) is 17.0 Å². The van der Waals surface area contributed by atoms with Gasteiger partial charge in [-0.1, -0.05) is 24.8 Å². The highest BCUT2D eigenvalue weighted by atomic mass is 32.2. The van der Waals surface area contributed by atoms with Crippen molar-refractivity contribution in [2.45, 2.75) is 36.6 Å². The lowest BCUT2D eigenvalue weighted by molar-refractivity contribution is -0.119. The molecule has 122 valence electrons. The van der Waals surface area contributed by atoms with Crippen molar-refractivity contribution in [3.8, 4) is 0 Å². The molecule has 23 heavy (non-hydrogen) atoms. The van der Waals surface area contributed by atoms with E-state index in [-0.39, 0.29) is 17.0 Å². The molecule has 0 N–H and O–H groups in total. The maximum atomic E-state index is 13.4. The predicted molar refractivity (Wildman–Crippen MR) is 88.0 cm³/mol. The van der Waals surface area contributed by atoms with Gasteiger partial charge in [-0.2, -0.15) is 0 Å². The summed E-state index contributed by atoms with van der Waals surface area (Å²) in [4.78, 5) is 14.4. The van der Waals surface area contributed by atoms with Crippen LogP contribution in [0.15, 0.2) is 29.4 Å². The molecule has 0 radical (unpaired) electrons. The number of aryl methyl sites for hydroxylation is 1. The van der Waals surface area contributed by atoms with Crippen LogP contribution in [0.4, 0.5) is 10.1 Å². The number of thioether (sulfide) groups is 1. The minimum absolute atomic E-state index is 0.00731. The number of benzene rings is 1. The van der Waals surface area contributed by atoms with Crippen LogP contribution in [0, 0.1) is 5.82 Å². The molecule has 0 bridgehead atoms. The number of aromatic nitrogens is 3. The van der Waals surface area contributed by atoms with Crippen molar-refractivity contribution < 1.29 is 9.18 Å². The van der Waals surface area contributed by atoms with Crippen LogP contribution in [0.3, 0.4) is 0 Å². The minimum atomic E-state index is -0.328. The second-order valence-electron chi connectivity index (χ2n) is 5.53. The van der Waals surface area contributed by atoms with Gasteiger partial charge in [0.2, 0.25) is 5.91 Å². The zero-order valence-corrected chi connectivity index (χ0v) is 14.0.